The minimum absolute atomic E-state index is 0.177. The Hall–Kier alpha value is -1.68. The molecule has 0 spiro atoms. The Morgan fingerprint density at radius 1 is 1.31 bits per heavy atom. The van der Waals surface area contributed by atoms with E-state index in [4.69, 9.17) is 4.74 Å². The predicted octanol–water partition coefficient (Wildman–Crippen LogP) is 1.99. The Bertz CT molecular complexity index is 398. The number of rotatable bonds is 4. The average molecular weight is 222 g/mol. The lowest BCUT2D eigenvalue weighted by molar-refractivity contribution is 0.0600. The van der Waals surface area contributed by atoms with Gasteiger partial charge in [0.05, 0.1) is 18.8 Å². The zero-order chi connectivity index (χ0) is 12.1. The van der Waals surface area contributed by atoms with Crippen molar-refractivity contribution in [3.8, 4) is 0 Å². The molecule has 0 saturated heterocycles. The van der Waals surface area contributed by atoms with Gasteiger partial charge in [0, 0.05) is 12.7 Å². The maximum absolute atomic E-state index is 11.4. The molecule has 1 aromatic rings. The summed E-state index contributed by atoms with van der Waals surface area (Å²) >= 11 is 0. The van der Waals surface area contributed by atoms with Crippen LogP contribution in [-0.4, -0.2) is 26.5 Å². The highest BCUT2D eigenvalue weighted by Gasteiger charge is 2.12. The Labute approximate surface area is 94.2 Å². The van der Waals surface area contributed by atoms with Gasteiger partial charge in [-0.2, -0.15) is 0 Å². The van der Waals surface area contributed by atoms with Gasteiger partial charge in [0.25, 0.3) is 0 Å². The largest absolute Gasteiger partial charge is 0.465 e. The molecule has 0 bridgehead atoms. The van der Waals surface area contributed by atoms with Crippen LogP contribution in [0.15, 0.2) is 18.2 Å². The molecule has 4 nitrogen and oxygen atoms in total. The Morgan fingerprint density at radius 3 is 2.50 bits per heavy atom. The van der Waals surface area contributed by atoms with E-state index in [2.05, 4.69) is 4.74 Å². The predicted molar refractivity (Wildman–Crippen MR) is 58.6 cm³/mol. The highest BCUT2D eigenvalue weighted by Crippen LogP contribution is 2.19. The van der Waals surface area contributed by atoms with Crippen LogP contribution in [0.1, 0.15) is 39.3 Å². The van der Waals surface area contributed by atoms with E-state index in [1.54, 1.807) is 19.2 Å². The van der Waals surface area contributed by atoms with Crippen LogP contribution >= 0.6 is 0 Å². The first-order chi connectivity index (χ1) is 7.62. The van der Waals surface area contributed by atoms with E-state index in [0.717, 1.165) is 5.56 Å². The van der Waals surface area contributed by atoms with E-state index in [1.165, 1.54) is 13.2 Å². The molecule has 1 atom stereocenters. The smallest absolute Gasteiger partial charge is 0.337 e. The second kappa shape index (κ2) is 5.42. The van der Waals surface area contributed by atoms with Crippen molar-refractivity contribution in [2.24, 2.45) is 0 Å². The first-order valence-electron chi connectivity index (χ1n) is 4.83. The number of hydrogen-bond donors (Lipinski definition) is 0. The summed E-state index contributed by atoms with van der Waals surface area (Å²) in [4.78, 5) is 22.1. The molecule has 0 radical (unpaired) electrons. The molecule has 0 fully saturated rings. The van der Waals surface area contributed by atoms with Crippen LogP contribution in [-0.2, 0) is 9.47 Å². The van der Waals surface area contributed by atoms with Gasteiger partial charge >= 0.3 is 5.97 Å². The summed E-state index contributed by atoms with van der Waals surface area (Å²) in [5, 5.41) is 0. The Kier molecular flexibility index (Phi) is 4.19. The van der Waals surface area contributed by atoms with Crippen LogP contribution in [0.25, 0.3) is 0 Å². The molecule has 0 aliphatic carbocycles. The fourth-order valence-corrected chi connectivity index (χ4v) is 1.35. The summed E-state index contributed by atoms with van der Waals surface area (Å²) in [5.74, 6) is -0.465. The van der Waals surface area contributed by atoms with E-state index in [-0.39, 0.29) is 6.10 Å². The number of aldehydes is 1. The maximum atomic E-state index is 11.4. The molecule has 0 aliphatic rings. The van der Waals surface area contributed by atoms with E-state index in [1.807, 2.05) is 6.92 Å². The van der Waals surface area contributed by atoms with Gasteiger partial charge in [-0.05, 0) is 30.7 Å². The van der Waals surface area contributed by atoms with Crippen molar-refractivity contribution < 1.29 is 19.1 Å². The summed E-state index contributed by atoms with van der Waals surface area (Å²) in [6.45, 7) is 1.84. The van der Waals surface area contributed by atoms with Gasteiger partial charge in [-0.25, -0.2) is 4.79 Å². The van der Waals surface area contributed by atoms with E-state index in [0.29, 0.717) is 17.4 Å². The zero-order valence-corrected chi connectivity index (χ0v) is 9.52. The monoisotopic (exact) mass is 222 g/mol. The lowest BCUT2D eigenvalue weighted by Gasteiger charge is -2.11. The lowest BCUT2D eigenvalue weighted by atomic mass is 10.0. The van der Waals surface area contributed by atoms with E-state index < -0.39 is 5.97 Å². The average Bonchev–Trinajstić information content (AvgIpc) is 2.35. The van der Waals surface area contributed by atoms with Gasteiger partial charge in [0.15, 0.2) is 0 Å². The van der Waals surface area contributed by atoms with Crippen molar-refractivity contribution >= 4 is 12.3 Å². The molecule has 0 aromatic heterocycles. The van der Waals surface area contributed by atoms with Crippen molar-refractivity contribution in [1.29, 1.82) is 0 Å². The van der Waals surface area contributed by atoms with Crippen LogP contribution < -0.4 is 0 Å². The molecule has 0 unspecified atom stereocenters. The molecule has 1 aromatic carbocycles. The number of carbonyl (C=O) groups is 2. The van der Waals surface area contributed by atoms with Crippen molar-refractivity contribution in [1.82, 2.24) is 0 Å². The molecular weight excluding hydrogens is 208 g/mol. The van der Waals surface area contributed by atoms with Crippen molar-refractivity contribution in [3.05, 3.63) is 34.9 Å². The van der Waals surface area contributed by atoms with Crippen LogP contribution in [0.2, 0.25) is 0 Å². The number of carbonyl (C=O) groups excluding carboxylic acids is 2. The Balaban J connectivity index is 3.20. The van der Waals surface area contributed by atoms with E-state index >= 15 is 0 Å². The molecule has 86 valence electrons. The molecule has 0 aliphatic heterocycles. The van der Waals surface area contributed by atoms with Gasteiger partial charge in [-0.15, -0.1) is 0 Å². The quantitative estimate of drug-likeness (QED) is 0.577. The standard InChI is InChI=1S/C12H14O4/c1-8(15-2)10-4-9(7-13)5-11(6-10)12(14)16-3/h4-8H,1-3H3/t8-/m1/s1. The van der Waals surface area contributed by atoms with Crippen molar-refractivity contribution in [2.75, 3.05) is 14.2 Å². The van der Waals surface area contributed by atoms with Gasteiger partial charge < -0.3 is 9.47 Å². The maximum Gasteiger partial charge on any atom is 0.337 e. The summed E-state index contributed by atoms with van der Waals surface area (Å²) in [7, 11) is 2.87. The normalized spacial score (nSPS) is 11.9. The van der Waals surface area contributed by atoms with Crippen molar-refractivity contribution in [2.45, 2.75) is 13.0 Å². The molecule has 1 rings (SSSR count). The third-order valence-corrected chi connectivity index (χ3v) is 2.36. The first-order valence-corrected chi connectivity index (χ1v) is 4.83. The summed E-state index contributed by atoms with van der Waals surface area (Å²) < 4.78 is 9.74. The number of esters is 1. The second-order valence-corrected chi connectivity index (χ2v) is 3.38. The number of hydrogen-bond acceptors (Lipinski definition) is 4. The van der Waals surface area contributed by atoms with Gasteiger partial charge in [-0.3, -0.25) is 4.79 Å². The van der Waals surface area contributed by atoms with Gasteiger partial charge in [-0.1, -0.05) is 0 Å². The van der Waals surface area contributed by atoms with Crippen LogP contribution in [0.5, 0.6) is 0 Å². The molecule has 0 N–H and O–H groups in total. The highest BCUT2D eigenvalue weighted by atomic mass is 16.5. The topological polar surface area (TPSA) is 52.6 Å². The summed E-state index contributed by atoms with van der Waals surface area (Å²) in [5.41, 5.74) is 1.56. The van der Waals surface area contributed by atoms with Crippen LogP contribution in [0.4, 0.5) is 0 Å². The second-order valence-electron chi connectivity index (χ2n) is 3.38. The summed E-state index contributed by atoms with van der Waals surface area (Å²) in [6, 6.07) is 4.84. The fourth-order valence-electron chi connectivity index (χ4n) is 1.35. The SMILES string of the molecule is COC(=O)c1cc(C=O)cc([C@@H](C)OC)c1. The third-order valence-electron chi connectivity index (χ3n) is 2.36. The van der Waals surface area contributed by atoms with E-state index in [9.17, 15) is 9.59 Å². The molecule has 4 heteroatoms. The van der Waals surface area contributed by atoms with Crippen LogP contribution in [0.3, 0.4) is 0 Å². The fraction of sp³-hybridized carbons (Fsp3) is 0.333. The number of ether oxygens (including phenoxy) is 2. The van der Waals surface area contributed by atoms with Gasteiger partial charge in [0.2, 0.25) is 0 Å². The summed E-state index contributed by atoms with van der Waals surface area (Å²) in [6.07, 6.45) is 0.515. The lowest BCUT2D eigenvalue weighted by Crippen LogP contribution is -2.05. The minimum Gasteiger partial charge on any atom is -0.465 e. The first kappa shape index (κ1) is 12.4. The minimum atomic E-state index is -0.465. The Morgan fingerprint density at radius 2 is 2.00 bits per heavy atom. The molecule has 16 heavy (non-hydrogen) atoms. The highest BCUT2D eigenvalue weighted by molar-refractivity contribution is 5.91. The molecule has 0 saturated carbocycles. The molecule has 0 amide bonds. The zero-order valence-electron chi connectivity index (χ0n) is 9.52. The van der Waals surface area contributed by atoms with Crippen molar-refractivity contribution in [3.63, 3.8) is 0 Å². The third kappa shape index (κ3) is 2.67. The van der Waals surface area contributed by atoms with Crippen LogP contribution in [0, 0.1) is 0 Å². The molecular formula is C12H14O4. The molecule has 0 heterocycles. The number of methoxy groups -OCH3 is 2. The number of benzene rings is 1. The van der Waals surface area contributed by atoms with Gasteiger partial charge in [0.1, 0.15) is 6.29 Å².